The van der Waals surface area contributed by atoms with Crippen molar-refractivity contribution in [3.8, 4) is 11.3 Å². The molecule has 3 fully saturated rings. The highest BCUT2D eigenvalue weighted by molar-refractivity contribution is 8.05. The predicted molar refractivity (Wildman–Crippen MR) is 157 cm³/mol. The zero-order valence-electron chi connectivity index (χ0n) is 21.8. The average molecular weight is 564 g/mol. The molecule has 39 heavy (non-hydrogen) atoms. The molecule has 4 aliphatic heterocycles. The molecule has 0 saturated carbocycles. The van der Waals surface area contributed by atoms with Gasteiger partial charge in [0, 0.05) is 87.9 Å². The van der Waals surface area contributed by atoms with Gasteiger partial charge in [0.05, 0.1) is 38.2 Å². The van der Waals surface area contributed by atoms with Crippen LogP contribution in [-0.2, 0) is 9.47 Å². The molecule has 4 aliphatic rings. The summed E-state index contributed by atoms with van der Waals surface area (Å²) in [5.41, 5.74) is 3.97. The number of fused-ring (bicyclic) bond motifs is 2. The molecule has 8 nitrogen and oxygen atoms in total. The van der Waals surface area contributed by atoms with E-state index in [1.165, 1.54) is 19.6 Å². The van der Waals surface area contributed by atoms with E-state index in [4.69, 9.17) is 9.47 Å². The second-order valence-electron chi connectivity index (χ2n) is 10.3. The third-order valence-corrected chi connectivity index (χ3v) is 10.5. The average Bonchev–Trinajstić information content (AvgIpc) is 3.44. The minimum atomic E-state index is -0.0760. The number of morpholine rings is 2. The quantitative estimate of drug-likeness (QED) is 0.338. The summed E-state index contributed by atoms with van der Waals surface area (Å²) in [6.07, 6.45) is 0. The van der Waals surface area contributed by atoms with Gasteiger partial charge in [0.25, 0.3) is 0 Å². The summed E-state index contributed by atoms with van der Waals surface area (Å²) in [5, 5.41) is 7.40. The molecule has 0 amide bonds. The number of nitrogens with one attached hydrogen (secondary N) is 3. The van der Waals surface area contributed by atoms with Gasteiger partial charge in [-0.05, 0) is 30.3 Å². The fourth-order valence-electron chi connectivity index (χ4n) is 5.90. The van der Waals surface area contributed by atoms with Crippen molar-refractivity contribution in [3.63, 3.8) is 0 Å². The molecule has 2 atom stereocenters. The molecular weight excluding hydrogens is 530 g/mol. The van der Waals surface area contributed by atoms with Crippen LogP contribution in [0, 0.1) is 0 Å². The van der Waals surface area contributed by atoms with E-state index in [0.717, 1.165) is 75.1 Å². The molecule has 10 heteroatoms. The van der Waals surface area contributed by atoms with Crippen LogP contribution in [0.2, 0.25) is 0 Å². The summed E-state index contributed by atoms with van der Waals surface area (Å²) in [7, 11) is 0. The first kappa shape index (κ1) is 25.5. The van der Waals surface area contributed by atoms with Crippen molar-refractivity contribution in [3.05, 3.63) is 58.9 Å². The van der Waals surface area contributed by atoms with Gasteiger partial charge < -0.3 is 30.0 Å². The van der Waals surface area contributed by atoms with Crippen LogP contribution in [0.25, 0.3) is 11.3 Å². The molecule has 0 aliphatic carbocycles. The summed E-state index contributed by atoms with van der Waals surface area (Å²) >= 11 is 3.59. The van der Waals surface area contributed by atoms with E-state index >= 15 is 0 Å². The Morgan fingerprint density at radius 3 is 2.51 bits per heavy atom. The molecule has 0 bridgehead atoms. The van der Waals surface area contributed by atoms with Gasteiger partial charge in [-0.25, -0.2) is 0 Å². The van der Waals surface area contributed by atoms with E-state index in [0.29, 0.717) is 25.3 Å². The van der Waals surface area contributed by atoms with Crippen molar-refractivity contribution < 1.29 is 9.47 Å². The van der Waals surface area contributed by atoms with Gasteiger partial charge >= 0.3 is 0 Å². The predicted octanol–water partition coefficient (Wildman–Crippen LogP) is 3.58. The molecular formula is C29H33N5O3S2. The highest BCUT2D eigenvalue weighted by atomic mass is 32.2. The Hall–Kier alpha value is -2.47. The van der Waals surface area contributed by atoms with Crippen LogP contribution in [0.1, 0.15) is 0 Å². The molecule has 3 aromatic rings. The lowest BCUT2D eigenvalue weighted by molar-refractivity contribution is 0.0189. The van der Waals surface area contributed by atoms with Gasteiger partial charge in [0.1, 0.15) is 0 Å². The van der Waals surface area contributed by atoms with Crippen LogP contribution >= 0.6 is 23.5 Å². The SMILES string of the molecule is O=c1cc(N2CCOCC2)cc(-c2cccc3c2Sc2ccc(N[C@@H]4CNC[C@H]4N4CCOCC4)cc2S3)[nH]1. The van der Waals surface area contributed by atoms with E-state index in [9.17, 15) is 4.79 Å². The van der Waals surface area contributed by atoms with Crippen molar-refractivity contribution in [1.29, 1.82) is 0 Å². The lowest BCUT2D eigenvalue weighted by Crippen LogP contribution is -2.50. The molecule has 1 aromatic heterocycles. The molecule has 3 N–H and O–H groups in total. The minimum Gasteiger partial charge on any atom is -0.379 e. The summed E-state index contributed by atoms with van der Waals surface area (Å²) in [6, 6.07) is 17.8. The zero-order valence-corrected chi connectivity index (χ0v) is 23.4. The van der Waals surface area contributed by atoms with Crippen molar-refractivity contribution in [1.82, 2.24) is 15.2 Å². The largest absolute Gasteiger partial charge is 0.379 e. The number of aromatic nitrogens is 1. The number of rotatable bonds is 5. The zero-order chi connectivity index (χ0) is 26.2. The van der Waals surface area contributed by atoms with Crippen LogP contribution < -0.4 is 21.1 Å². The van der Waals surface area contributed by atoms with Gasteiger partial charge in [-0.2, -0.15) is 0 Å². The molecule has 2 aromatic carbocycles. The van der Waals surface area contributed by atoms with Gasteiger partial charge in [0.2, 0.25) is 5.56 Å². The number of H-pyrrole nitrogens is 1. The Bertz CT molecular complexity index is 1400. The number of hydrogen-bond acceptors (Lipinski definition) is 9. The van der Waals surface area contributed by atoms with Gasteiger partial charge in [-0.15, -0.1) is 0 Å². The topological polar surface area (TPSA) is 81.9 Å². The van der Waals surface area contributed by atoms with Crippen molar-refractivity contribution in [2.24, 2.45) is 0 Å². The first-order valence-corrected chi connectivity index (χ1v) is 15.3. The van der Waals surface area contributed by atoms with E-state index in [-0.39, 0.29) is 5.56 Å². The van der Waals surface area contributed by atoms with Crippen LogP contribution in [-0.4, -0.2) is 87.7 Å². The highest BCUT2D eigenvalue weighted by Crippen LogP contribution is 2.52. The highest BCUT2D eigenvalue weighted by Gasteiger charge is 2.33. The van der Waals surface area contributed by atoms with Crippen LogP contribution in [0.15, 0.2) is 72.9 Å². The fraction of sp³-hybridized carbons (Fsp3) is 0.414. The number of ether oxygens (including phenoxy) is 2. The second kappa shape index (κ2) is 11.2. The number of hydrogen-bond donors (Lipinski definition) is 3. The van der Waals surface area contributed by atoms with E-state index < -0.39 is 0 Å². The minimum absolute atomic E-state index is 0.0760. The van der Waals surface area contributed by atoms with E-state index in [1.54, 1.807) is 29.6 Å². The first-order valence-electron chi connectivity index (χ1n) is 13.7. The summed E-state index contributed by atoms with van der Waals surface area (Å²) in [6.45, 7) is 8.60. The Balaban J connectivity index is 1.12. The third kappa shape index (κ3) is 5.33. The number of nitrogens with zero attached hydrogens (tertiary/aromatic N) is 2. The smallest absolute Gasteiger partial charge is 0.250 e. The molecule has 0 radical (unpaired) electrons. The molecule has 5 heterocycles. The maximum absolute atomic E-state index is 12.7. The molecule has 0 spiro atoms. The van der Waals surface area contributed by atoms with Crippen LogP contribution in [0.4, 0.5) is 11.4 Å². The van der Waals surface area contributed by atoms with Gasteiger partial charge in [0.15, 0.2) is 0 Å². The van der Waals surface area contributed by atoms with E-state index in [1.807, 2.05) is 0 Å². The fourth-order valence-corrected chi connectivity index (χ4v) is 8.31. The van der Waals surface area contributed by atoms with Gasteiger partial charge in [-0.1, -0.05) is 35.7 Å². The maximum atomic E-state index is 12.7. The number of pyridine rings is 1. The molecule has 3 saturated heterocycles. The Morgan fingerprint density at radius 1 is 0.846 bits per heavy atom. The lowest BCUT2D eigenvalue weighted by atomic mass is 10.1. The standard InChI is InChI=1S/C29H33N5O3S2/c35-28-16-20(33-6-10-36-11-7-33)15-22(32-28)21-2-1-3-26-29(21)39-25-5-4-19(14-27(25)38-26)31-23-17-30-18-24(23)34-8-12-37-13-9-34/h1-5,14-16,23-24,30-31H,6-13,17-18H2,(H,32,35)/t23-,24-/m1/s1. The second-order valence-corrected chi connectivity index (χ2v) is 12.5. The van der Waals surface area contributed by atoms with Crippen molar-refractivity contribution in [2.45, 2.75) is 31.7 Å². The summed E-state index contributed by atoms with van der Waals surface area (Å²) < 4.78 is 11.1. The van der Waals surface area contributed by atoms with Gasteiger partial charge in [-0.3, -0.25) is 9.69 Å². The molecule has 204 valence electrons. The van der Waals surface area contributed by atoms with Crippen LogP contribution in [0.3, 0.4) is 0 Å². The Labute approximate surface area is 236 Å². The molecule has 7 rings (SSSR count). The van der Waals surface area contributed by atoms with E-state index in [2.05, 4.69) is 67.9 Å². The summed E-state index contributed by atoms with van der Waals surface area (Å²) in [5.74, 6) is 0. The number of benzene rings is 2. The first-order chi connectivity index (χ1) is 19.2. The maximum Gasteiger partial charge on any atom is 0.250 e. The molecule has 0 unspecified atom stereocenters. The van der Waals surface area contributed by atoms with Crippen molar-refractivity contribution >= 4 is 34.9 Å². The number of anilines is 2. The Kier molecular flexibility index (Phi) is 7.31. The Morgan fingerprint density at radius 2 is 1.67 bits per heavy atom. The number of aromatic amines is 1. The monoisotopic (exact) mass is 563 g/mol. The lowest BCUT2D eigenvalue weighted by Gasteiger charge is -2.35. The van der Waals surface area contributed by atoms with Crippen molar-refractivity contribution in [2.75, 3.05) is 75.9 Å². The summed E-state index contributed by atoms with van der Waals surface area (Å²) in [4.78, 5) is 25.4. The third-order valence-electron chi connectivity index (χ3n) is 7.90. The normalized spacial score (nSPS) is 23.3. The van der Waals surface area contributed by atoms with Crippen LogP contribution in [0.5, 0.6) is 0 Å².